The first kappa shape index (κ1) is 24.4. The van der Waals surface area contributed by atoms with Crippen LogP contribution >= 0.6 is 24.0 Å². The van der Waals surface area contributed by atoms with Crippen LogP contribution in [0.2, 0.25) is 0 Å². The summed E-state index contributed by atoms with van der Waals surface area (Å²) in [6.07, 6.45) is 6.52. The molecule has 0 radical (unpaired) electrons. The summed E-state index contributed by atoms with van der Waals surface area (Å²) >= 11 is 0. The monoisotopic (exact) mass is 547 g/mol. The third-order valence-corrected chi connectivity index (χ3v) is 5.65. The third kappa shape index (κ3) is 6.90. The van der Waals surface area contributed by atoms with Gasteiger partial charge in [-0.3, -0.25) is 9.30 Å². The third-order valence-electron chi connectivity index (χ3n) is 5.65. The van der Waals surface area contributed by atoms with Crippen molar-refractivity contribution in [1.82, 2.24) is 30.1 Å². The first-order chi connectivity index (χ1) is 15.3. The Morgan fingerprint density at radius 3 is 2.56 bits per heavy atom. The highest BCUT2D eigenvalue weighted by Crippen LogP contribution is 2.13. The van der Waals surface area contributed by atoms with Gasteiger partial charge in [-0.1, -0.05) is 30.3 Å². The Morgan fingerprint density at radius 2 is 1.78 bits per heavy atom. The van der Waals surface area contributed by atoms with Gasteiger partial charge in [0.2, 0.25) is 0 Å². The van der Waals surface area contributed by atoms with E-state index in [9.17, 15) is 0 Å². The van der Waals surface area contributed by atoms with Gasteiger partial charge in [-0.05, 0) is 62.5 Å². The van der Waals surface area contributed by atoms with Crippen LogP contribution < -0.4 is 10.6 Å². The standard InChI is InChI=1S/C24H33N7.HI/c1-2-25-24(26-14-7-9-23-29-28-22-8-3-4-17-31(22)23)27-18-20-10-12-21(13-11-20)19-30-15-5-6-16-30;/h3-4,8,10-13,17H,2,5-7,9,14-16,18-19H2,1H3,(H2,25,26,27);1H. The molecule has 2 aromatic heterocycles. The first-order valence-corrected chi connectivity index (χ1v) is 11.4. The van der Waals surface area contributed by atoms with Gasteiger partial charge in [0.05, 0.1) is 6.54 Å². The second kappa shape index (κ2) is 12.7. The highest BCUT2D eigenvalue weighted by molar-refractivity contribution is 14.0. The summed E-state index contributed by atoms with van der Waals surface area (Å²) in [6, 6.07) is 14.9. The van der Waals surface area contributed by atoms with Crippen LogP contribution in [0.3, 0.4) is 0 Å². The number of pyridine rings is 1. The highest BCUT2D eigenvalue weighted by Gasteiger charge is 2.11. The van der Waals surface area contributed by atoms with E-state index >= 15 is 0 Å². The molecule has 0 unspecified atom stereocenters. The minimum Gasteiger partial charge on any atom is -0.357 e. The van der Waals surface area contributed by atoms with Crippen LogP contribution in [0.1, 0.15) is 43.1 Å². The molecule has 4 rings (SSSR count). The van der Waals surface area contributed by atoms with Crippen molar-refractivity contribution < 1.29 is 0 Å². The second-order valence-corrected chi connectivity index (χ2v) is 8.07. The SMILES string of the molecule is CCNC(=NCc1ccc(CN2CCCC2)cc1)NCCCc1nnc2ccccn12.I. The predicted octanol–water partition coefficient (Wildman–Crippen LogP) is 3.63. The lowest BCUT2D eigenvalue weighted by molar-refractivity contribution is 0.331. The second-order valence-electron chi connectivity index (χ2n) is 8.07. The number of nitrogens with zero attached hydrogens (tertiary/aromatic N) is 5. The Morgan fingerprint density at radius 1 is 1.00 bits per heavy atom. The van der Waals surface area contributed by atoms with Crippen LogP contribution in [-0.2, 0) is 19.5 Å². The molecular weight excluding hydrogens is 513 g/mol. The Bertz CT molecular complexity index is 977. The van der Waals surface area contributed by atoms with Crippen LogP contribution in [0.15, 0.2) is 53.7 Å². The van der Waals surface area contributed by atoms with Crippen LogP contribution in [0.4, 0.5) is 0 Å². The maximum absolute atomic E-state index is 4.75. The van der Waals surface area contributed by atoms with Crippen molar-refractivity contribution in [1.29, 1.82) is 0 Å². The summed E-state index contributed by atoms with van der Waals surface area (Å²) in [7, 11) is 0. The molecule has 7 nitrogen and oxygen atoms in total. The lowest BCUT2D eigenvalue weighted by atomic mass is 10.1. The number of guanidine groups is 1. The van der Waals surface area contributed by atoms with Crippen molar-refractivity contribution in [3.63, 3.8) is 0 Å². The number of benzene rings is 1. The average Bonchev–Trinajstić information content (AvgIpc) is 3.46. The number of aromatic nitrogens is 3. The summed E-state index contributed by atoms with van der Waals surface area (Å²) in [5.41, 5.74) is 3.52. The van der Waals surface area contributed by atoms with E-state index in [1.807, 2.05) is 28.8 Å². The van der Waals surface area contributed by atoms with Gasteiger partial charge < -0.3 is 10.6 Å². The Kier molecular flexibility index (Phi) is 9.73. The molecule has 32 heavy (non-hydrogen) atoms. The topological polar surface area (TPSA) is 69.8 Å². The largest absolute Gasteiger partial charge is 0.357 e. The minimum absolute atomic E-state index is 0. The molecule has 1 saturated heterocycles. The molecule has 1 aromatic carbocycles. The maximum atomic E-state index is 4.75. The number of rotatable bonds is 9. The smallest absolute Gasteiger partial charge is 0.191 e. The summed E-state index contributed by atoms with van der Waals surface area (Å²) in [6.45, 7) is 7.97. The molecule has 8 heteroatoms. The van der Waals surface area contributed by atoms with E-state index in [0.717, 1.165) is 49.9 Å². The van der Waals surface area contributed by atoms with Crippen LogP contribution in [-0.4, -0.2) is 51.6 Å². The number of halogens is 1. The molecule has 0 saturated carbocycles. The van der Waals surface area contributed by atoms with Gasteiger partial charge in [-0.15, -0.1) is 34.2 Å². The van der Waals surface area contributed by atoms with E-state index in [2.05, 4.69) is 56.9 Å². The number of nitrogens with one attached hydrogen (secondary N) is 2. The number of fused-ring (bicyclic) bond motifs is 1. The Hall–Kier alpha value is -2.20. The zero-order valence-corrected chi connectivity index (χ0v) is 21.2. The maximum Gasteiger partial charge on any atom is 0.191 e. The van der Waals surface area contributed by atoms with Crippen molar-refractivity contribution in [2.75, 3.05) is 26.2 Å². The average molecular weight is 547 g/mol. The van der Waals surface area contributed by atoms with Crippen molar-refractivity contribution in [2.24, 2.45) is 4.99 Å². The summed E-state index contributed by atoms with van der Waals surface area (Å²) in [5, 5.41) is 15.3. The van der Waals surface area contributed by atoms with Gasteiger partial charge in [0, 0.05) is 32.3 Å². The normalized spacial score (nSPS) is 14.5. The molecule has 0 aliphatic carbocycles. The van der Waals surface area contributed by atoms with E-state index < -0.39 is 0 Å². The van der Waals surface area contributed by atoms with Crippen molar-refractivity contribution in [3.8, 4) is 0 Å². The summed E-state index contributed by atoms with van der Waals surface area (Å²) < 4.78 is 2.05. The zero-order valence-electron chi connectivity index (χ0n) is 18.8. The molecule has 1 fully saturated rings. The molecule has 3 aromatic rings. The van der Waals surface area contributed by atoms with Crippen LogP contribution in [0.25, 0.3) is 5.65 Å². The fourth-order valence-corrected chi connectivity index (χ4v) is 3.98. The van der Waals surface area contributed by atoms with Crippen molar-refractivity contribution in [2.45, 2.75) is 45.7 Å². The molecule has 0 atom stereocenters. The lowest BCUT2D eigenvalue weighted by Gasteiger charge is -2.14. The number of aliphatic imine (C=N–C) groups is 1. The van der Waals surface area contributed by atoms with E-state index in [0.29, 0.717) is 6.54 Å². The van der Waals surface area contributed by atoms with Crippen molar-refractivity contribution in [3.05, 3.63) is 65.6 Å². The molecule has 172 valence electrons. The molecule has 0 bridgehead atoms. The lowest BCUT2D eigenvalue weighted by Crippen LogP contribution is -2.37. The van der Waals surface area contributed by atoms with Gasteiger partial charge in [0.25, 0.3) is 0 Å². The van der Waals surface area contributed by atoms with Crippen LogP contribution in [0, 0.1) is 0 Å². The number of hydrogen-bond donors (Lipinski definition) is 2. The van der Waals surface area contributed by atoms with Gasteiger partial charge in [-0.2, -0.15) is 0 Å². The van der Waals surface area contributed by atoms with Crippen LogP contribution in [0.5, 0.6) is 0 Å². The van der Waals surface area contributed by atoms with E-state index in [4.69, 9.17) is 4.99 Å². The minimum atomic E-state index is 0. The number of hydrogen-bond acceptors (Lipinski definition) is 4. The molecule has 2 N–H and O–H groups in total. The van der Waals surface area contributed by atoms with Gasteiger partial charge in [-0.25, -0.2) is 4.99 Å². The fourth-order valence-electron chi connectivity index (χ4n) is 3.98. The van der Waals surface area contributed by atoms with Gasteiger partial charge in [0.1, 0.15) is 5.82 Å². The molecular formula is C24H34IN7. The Labute approximate surface area is 207 Å². The highest BCUT2D eigenvalue weighted by atomic mass is 127. The fraction of sp³-hybridized carbons (Fsp3) is 0.458. The number of likely N-dealkylation sites (tertiary alicyclic amines) is 1. The first-order valence-electron chi connectivity index (χ1n) is 11.4. The quantitative estimate of drug-likeness (QED) is 0.185. The molecule has 0 amide bonds. The molecule has 3 heterocycles. The molecule has 1 aliphatic rings. The summed E-state index contributed by atoms with van der Waals surface area (Å²) in [4.78, 5) is 7.28. The molecule has 1 aliphatic heterocycles. The van der Waals surface area contributed by atoms with E-state index in [1.54, 1.807) is 0 Å². The van der Waals surface area contributed by atoms with E-state index in [-0.39, 0.29) is 24.0 Å². The Balaban J connectivity index is 0.00000289. The zero-order chi connectivity index (χ0) is 21.3. The van der Waals surface area contributed by atoms with Gasteiger partial charge in [0.15, 0.2) is 11.6 Å². The summed E-state index contributed by atoms with van der Waals surface area (Å²) in [5.74, 6) is 1.85. The van der Waals surface area contributed by atoms with Gasteiger partial charge >= 0.3 is 0 Å². The predicted molar refractivity (Wildman–Crippen MR) is 140 cm³/mol. The van der Waals surface area contributed by atoms with E-state index in [1.165, 1.54) is 37.1 Å². The van der Waals surface area contributed by atoms with Crippen molar-refractivity contribution >= 4 is 35.6 Å². The molecule has 0 spiro atoms. The number of aryl methyl sites for hydroxylation is 1.